The van der Waals surface area contributed by atoms with Crippen molar-refractivity contribution in [2.24, 2.45) is 0 Å². The average molecular weight is 243 g/mol. The summed E-state index contributed by atoms with van der Waals surface area (Å²) in [6, 6.07) is 9.23. The highest BCUT2D eigenvalue weighted by Gasteiger charge is 1.99. The van der Waals surface area contributed by atoms with E-state index in [4.69, 9.17) is 0 Å². The SMILES string of the molecule is Cc1cc(NCCc2cccc(O)c2)nc(C)n1. The number of benzene rings is 1. The van der Waals surface area contributed by atoms with Gasteiger partial charge in [0.15, 0.2) is 0 Å². The van der Waals surface area contributed by atoms with E-state index in [1.165, 1.54) is 0 Å². The Kier molecular flexibility index (Phi) is 3.77. The zero-order chi connectivity index (χ0) is 13.0. The molecule has 0 aliphatic rings. The molecule has 4 heteroatoms. The lowest BCUT2D eigenvalue weighted by Gasteiger charge is -2.07. The van der Waals surface area contributed by atoms with Crippen LogP contribution in [0.15, 0.2) is 30.3 Å². The van der Waals surface area contributed by atoms with Crippen LogP contribution in [-0.2, 0) is 6.42 Å². The topological polar surface area (TPSA) is 58.0 Å². The molecule has 2 rings (SSSR count). The Balaban J connectivity index is 1.92. The first kappa shape index (κ1) is 12.4. The number of nitrogens with zero attached hydrogens (tertiary/aromatic N) is 2. The molecule has 0 unspecified atom stereocenters. The molecule has 2 N–H and O–H groups in total. The Labute approximate surface area is 107 Å². The minimum atomic E-state index is 0.307. The quantitative estimate of drug-likeness (QED) is 0.866. The number of phenols is 1. The number of anilines is 1. The van der Waals surface area contributed by atoms with Gasteiger partial charge < -0.3 is 10.4 Å². The van der Waals surface area contributed by atoms with Gasteiger partial charge in [-0.3, -0.25) is 0 Å². The summed E-state index contributed by atoms with van der Waals surface area (Å²) in [4.78, 5) is 8.54. The molecule has 18 heavy (non-hydrogen) atoms. The van der Waals surface area contributed by atoms with Crippen LogP contribution >= 0.6 is 0 Å². The van der Waals surface area contributed by atoms with Gasteiger partial charge >= 0.3 is 0 Å². The van der Waals surface area contributed by atoms with Gasteiger partial charge in [0.2, 0.25) is 0 Å². The van der Waals surface area contributed by atoms with Gasteiger partial charge in [0.25, 0.3) is 0 Å². The first-order chi connectivity index (χ1) is 8.63. The molecule has 0 radical (unpaired) electrons. The Bertz CT molecular complexity index is 520. The van der Waals surface area contributed by atoms with Crippen LogP contribution in [0.25, 0.3) is 0 Å². The van der Waals surface area contributed by atoms with Gasteiger partial charge in [0.1, 0.15) is 17.4 Å². The number of phenolic OH excluding ortho intramolecular Hbond substituents is 1. The van der Waals surface area contributed by atoms with E-state index in [1.807, 2.05) is 32.0 Å². The number of aromatic hydroxyl groups is 1. The third-order valence-corrected chi connectivity index (χ3v) is 2.60. The minimum absolute atomic E-state index is 0.307. The Morgan fingerprint density at radius 1 is 1.17 bits per heavy atom. The lowest BCUT2D eigenvalue weighted by Crippen LogP contribution is -2.07. The molecule has 0 saturated carbocycles. The van der Waals surface area contributed by atoms with Crippen molar-refractivity contribution >= 4 is 5.82 Å². The highest BCUT2D eigenvalue weighted by molar-refractivity contribution is 5.36. The van der Waals surface area contributed by atoms with Crippen LogP contribution in [0.3, 0.4) is 0 Å². The number of aryl methyl sites for hydroxylation is 2. The van der Waals surface area contributed by atoms with Crippen LogP contribution in [0.5, 0.6) is 5.75 Å². The largest absolute Gasteiger partial charge is 0.508 e. The molecule has 1 heterocycles. The maximum Gasteiger partial charge on any atom is 0.129 e. The first-order valence-electron chi connectivity index (χ1n) is 5.97. The molecule has 0 aliphatic carbocycles. The van der Waals surface area contributed by atoms with Crippen molar-refractivity contribution in [1.82, 2.24) is 9.97 Å². The van der Waals surface area contributed by atoms with Crippen LogP contribution in [0.4, 0.5) is 5.82 Å². The van der Waals surface area contributed by atoms with E-state index >= 15 is 0 Å². The molecule has 1 aromatic heterocycles. The van der Waals surface area contributed by atoms with Gasteiger partial charge in [0.05, 0.1) is 0 Å². The second-order valence-corrected chi connectivity index (χ2v) is 4.29. The summed E-state index contributed by atoms with van der Waals surface area (Å²) in [5.74, 6) is 1.93. The van der Waals surface area contributed by atoms with Gasteiger partial charge in [-0.2, -0.15) is 0 Å². The maximum atomic E-state index is 9.36. The summed E-state index contributed by atoms with van der Waals surface area (Å²) in [6.45, 7) is 4.61. The summed E-state index contributed by atoms with van der Waals surface area (Å²) >= 11 is 0. The summed E-state index contributed by atoms with van der Waals surface area (Å²) in [7, 11) is 0. The molecule has 0 aliphatic heterocycles. The fraction of sp³-hybridized carbons (Fsp3) is 0.286. The van der Waals surface area contributed by atoms with E-state index in [2.05, 4.69) is 15.3 Å². The van der Waals surface area contributed by atoms with Crippen LogP contribution in [0, 0.1) is 13.8 Å². The zero-order valence-electron chi connectivity index (χ0n) is 10.6. The van der Waals surface area contributed by atoms with Gasteiger partial charge in [-0.05, 0) is 38.0 Å². The van der Waals surface area contributed by atoms with Crippen molar-refractivity contribution in [2.75, 3.05) is 11.9 Å². The van der Waals surface area contributed by atoms with Crippen molar-refractivity contribution in [3.8, 4) is 5.75 Å². The first-order valence-corrected chi connectivity index (χ1v) is 5.97. The van der Waals surface area contributed by atoms with Gasteiger partial charge in [-0.1, -0.05) is 12.1 Å². The normalized spacial score (nSPS) is 10.3. The zero-order valence-corrected chi connectivity index (χ0v) is 10.6. The maximum absolute atomic E-state index is 9.36. The summed E-state index contributed by atoms with van der Waals surface area (Å²) in [5, 5.41) is 12.6. The number of aromatic nitrogens is 2. The average Bonchev–Trinajstić information content (AvgIpc) is 2.27. The van der Waals surface area contributed by atoms with E-state index in [9.17, 15) is 5.11 Å². The van der Waals surface area contributed by atoms with Crippen molar-refractivity contribution < 1.29 is 5.11 Å². The van der Waals surface area contributed by atoms with E-state index in [-0.39, 0.29) is 0 Å². The summed E-state index contributed by atoms with van der Waals surface area (Å²) < 4.78 is 0. The highest BCUT2D eigenvalue weighted by atomic mass is 16.3. The molecular weight excluding hydrogens is 226 g/mol. The molecule has 4 nitrogen and oxygen atoms in total. The third kappa shape index (κ3) is 3.45. The molecule has 94 valence electrons. The fourth-order valence-electron chi connectivity index (χ4n) is 1.85. The lowest BCUT2D eigenvalue weighted by atomic mass is 10.1. The molecular formula is C14H17N3O. The van der Waals surface area contributed by atoms with Crippen molar-refractivity contribution in [2.45, 2.75) is 20.3 Å². The minimum Gasteiger partial charge on any atom is -0.508 e. The van der Waals surface area contributed by atoms with E-state index in [0.29, 0.717) is 5.75 Å². The number of nitrogens with one attached hydrogen (secondary N) is 1. The molecule has 0 spiro atoms. The standard InChI is InChI=1S/C14H17N3O/c1-10-8-14(17-11(2)16-10)15-7-6-12-4-3-5-13(18)9-12/h3-5,8-9,18H,6-7H2,1-2H3,(H,15,16,17). The predicted octanol–water partition coefficient (Wildman–Crippen LogP) is 2.45. The van der Waals surface area contributed by atoms with Crippen LogP contribution in [0.1, 0.15) is 17.1 Å². The number of hydrogen-bond donors (Lipinski definition) is 2. The number of rotatable bonds is 4. The number of hydrogen-bond acceptors (Lipinski definition) is 4. The van der Waals surface area contributed by atoms with E-state index < -0.39 is 0 Å². The molecule has 0 atom stereocenters. The molecule has 0 saturated heterocycles. The molecule has 0 bridgehead atoms. The second kappa shape index (κ2) is 5.49. The fourth-order valence-corrected chi connectivity index (χ4v) is 1.85. The molecule has 1 aromatic carbocycles. The van der Waals surface area contributed by atoms with Crippen molar-refractivity contribution in [1.29, 1.82) is 0 Å². The highest BCUT2D eigenvalue weighted by Crippen LogP contribution is 2.12. The summed E-state index contributed by atoms with van der Waals surface area (Å²) in [5.41, 5.74) is 2.06. The third-order valence-electron chi connectivity index (χ3n) is 2.60. The van der Waals surface area contributed by atoms with Crippen LogP contribution < -0.4 is 5.32 Å². The van der Waals surface area contributed by atoms with Crippen LogP contribution in [0.2, 0.25) is 0 Å². The van der Waals surface area contributed by atoms with Gasteiger partial charge in [0, 0.05) is 18.3 Å². The Morgan fingerprint density at radius 2 is 2.00 bits per heavy atom. The molecule has 2 aromatic rings. The summed E-state index contributed by atoms with van der Waals surface area (Å²) in [6.07, 6.45) is 0.844. The lowest BCUT2D eigenvalue weighted by molar-refractivity contribution is 0.474. The second-order valence-electron chi connectivity index (χ2n) is 4.29. The van der Waals surface area contributed by atoms with Crippen molar-refractivity contribution in [3.05, 3.63) is 47.4 Å². The van der Waals surface area contributed by atoms with Crippen LogP contribution in [-0.4, -0.2) is 21.6 Å². The van der Waals surface area contributed by atoms with Gasteiger partial charge in [-0.25, -0.2) is 9.97 Å². The monoisotopic (exact) mass is 243 g/mol. The Hall–Kier alpha value is -2.10. The van der Waals surface area contributed by atoms with Crippen molar-refractivity contribution in [3.63, 3.8) is 0 Å². The molecule has 0 amide bonds. The predicted molar refractivity (Wildman–Crippen MR) is 71.8 cm³/mol. The van der Waals surface area contributed by atoms with Gasteiger partial charge in [-0.15, -0.1) is 0 Å². The smallest absolute Gasteiger partial charge is 0.129 e. The van der Waals surface area contributed by atoms with E-state index in [1.54, 1.807) is 12.1 Å². The molecule has 0 fully saturated rings. The van der Waals surface area contributed by atoms with E-state index in [0.717, 1.165) is 35.9 Å². The Morgan fingerprint density at radius 3 is 2.72 bits per heavy atom.